The number of nitrogens with one attached hydrogen (secondary N) is 1. The second-order valence-corrected chi connectivity index (χ2v) is 7.09. The second-order valence-electron chi connectivity index (χ2n) is 5.93. The van der Waals surface area contributed by atoms with E-state index in [1.54, 1.807) is 11.3 Å². The third-order valence-electron chi connectivity index (χ3n) is 4.20. The van der Waals surface area contributed by atoms with Crippen LogP contribution in [0.15, 0.2) is 24.3 Å². The van der Waals surface area contributed by atoms with E-state index in [9.17, 15) is 4.79 Å². The standard InChI is InChI=1S/C17H23N5OS/c1-3-14-6-4-5-7-15(14)18-16(23)12-21-8-10-22(11-9-21)17-20-19-13(2)24-17/h4-7H,3,8-12H2,1-2H3,(H,18,23). The Labute approximate surface area is 146 Å². The average molecular weight is 345 g/mol. The minimum Gasteiger partial charge on any atom is -0.344 e. The van der Waals surface area contributed by atoms with Gasteiger partial charge in [0.1, 0.15) is 5.01 Å². The van der Waals surface area contributed by atoms with Gasteiger partial charge in [-0.25, -0.2) is 0 Å². The Balaban J connectivity index is 1.50. The van der Waals surface area contributed by atoms with Gasteiger partial charge in [0.2, 0.25) is 11.0 Å². The maximum Gasteiger partial charge on any atom is 0.238 e. The Bertz CT molecular complexity index is 694. The van der Waals surface area contributed by atoms with Gasteiger partial charge in [-0.1, -0.05) is 36.5 Å². The monoisotopic (exact) mass is 345 g/mol. The Morgan fingerprint density at radius 2 is 1.96 bits per heavy atom. The Morgan fingerprint density at radius 1 is 1.21 bits per heavy atom. The number of aromatic nitrogens is 2. The summed E-state index contributed by atoms with van der Waals surface area (Å²) in [4.78, 5) is 16.7. The first-order valence-electron chi connectivity index (χ1n) is 8.31. The summed E-state index contributed by atoms with van der Waals surface area (Å²) in [7, 11) is 0. The number of hydrogen-bond acceptors (Lipinski definition) is 6. The number of piperazine rings is 1. The molecule has 1 aromatic heterocycles. The summed E-state index contributed by atoms with van der Waals surface area (Å²) in [6.45, 7) is 7.99. The average Bonchev–Trinajstić information content (AvgIpc) is 3.02. The molecule has 1 amide bonds. The van der Waals surface area contributed by atoms with Crippen molar-refractivity contribution in [3.63, 3.8) is 0 Å². The number of hydrogen-bond donors (Lipinski definition) is 1. The van der Waals surface area contributed by atoms with E-state index in [0.29, 0.717) is 6.54 Å². The number of carbonyl (C=O) groups excluding carboxylic acids is 1. The molecular formula is C17H23N5OS. The fourth-order valence-electron chi connectivity index (χ4n) is 2.85. The van der Waals surface area contributed by atoms with E-state index in [0.717, 1.165) is 48.4 Å². The van der Waals surface area contributed by atoms with Gasteiger partial charge in [0.25, 0.3) is 0 Å². The molecule has 0 aliphatic carbocycles. The molecule has 0 saturated carbocycles. The molecule has 128 valence electrons. The second kappa shape index (κ2) is 7.72. The lowest BCUT2D eigenvalue weighted by Crippen LogP contribution is -2.48. The predicted octanol–water partition coefficient (Wildman–Crippen LogP) is 2.17. The predicted molar refractivity (Wildman–Crippen MR) is 97.7 cm³/mol. The van der Waals surface area contributed by atoms with Crippen LogP contribution in [0.2, 0.25) is 0 Å². The van der Waals surface area contributed by atoms with Crippen molar-refractivity contribution >= 4 is 28.1 Å². The number of amides is 1. The highest BCUT2D eigenvalue weighted by atomic mass is 32.1. The summed E-state index contributed by atoms with van der Waals surface area (Å²) < 4.78 is 0. The summed E-state index contributed by atoms with van der Waals surface area (Å²) in [5.41, 5.74) is 2.09. The molecule has 1 fully saturated rings. The van der Waals surface area contributed by atoms with Crippen LogP contribution in [0.5, 0.6) is 0 Å². The van der Waals surface area contributed by atoms with Crippen molar-refractivity contribution < 1.29 is 4.79 Å². The van der Waals surface area contributed by atoms with Crippen molar-refractivity contribution in [1.82, 2.24) is 15.1 Å². The summed E-state index contributed by atoms with van der Waals surface area (Å²) in [5, 5.41) is 13.3. The SMILES string of the molecule is CCc1ccccc1NC(=O)CN1CCN(c2nnc(C)s2)CC1. The number of anilines is 2. The Hall–Kier alpha value is -1.99. The van der Waals surface area contributed by atoms with Crippen molar-refractivity contribution in [2.75, 3.05) is 42.9 Å². The minimum absolute atomic E-state index is 0.0520. The molecule has 1 N–H and O–H groups in total. The van der Waals surface area contributed by atoms with Crippen LogP contribution in [0, 0.1) is 6.92 Å². The Kier molecular flexibility index (Phi) is 5.42. The first-order chi connectivity index (χ1) is 11.7. The maximum atomic E-state index is 12.3. The topological polar surface area (TPSA) is 61.4 Å². The van der Waals surface area contributed by atoms with Gasteiger partial charge in [0.15, 0.2) is 0 Å². The molecule has 0 atom stereocenters. The first kappa shape index (κ1) is 16.9. The molecule has 7 heteroatoms. The molecular weight excluding hydrogens is 322 g/mol. The lowest BCUT2D eigenvalue weighted by Gasteiger charge is -2.33. The van der Waals surface area contributed by atoms with Gasteiger partial charge in [-0.3, -0.25) is 9.69 Å². The fourth-order valence-corrected chi connectivity index (χ4v) is 3.59. The molecule has 24 heavy (non-hydrogen) atoms. The van der Waals surface area contributed by atoms with Crippen LogP contribution in [0.4, 0.5) is 10.8 Å². The van der Waals surface area contributed by atoms with Crippen LogP contribution < -0.4 is 10.2 Å². The van der Waals surface area contributed by atoms with Crippen LogP contribution in [-0.4, -0.2) is 53.7 Å². The molecule has 2 aromatic rings. The van der Waals surface area contributed by atoms with E-state index in [4.69, 9.17) is 0 Å². The molecule has 0 unspecified atom stereocenters. The summed E-state index contributed by atoms with van der Waals surface area (Å²) in [6, 6.07) is 7.98. The van der Waals surface area contributed by atoms with Gasteiger partial charge in [-0.05, 0) is 25.0 Å². The van der Waals surface area contributed by atoms with E-state index in [2.05, 4.69) is 38.3 Å². The molecule has 0 spiro atoms. The van der Waals surface area contributed by atoms with E-state index in [-0.39, 0.29) is 5.91 Å². The zero-order valence-electron chi connectivity index (χ0n) is 14.2. The largest absolute Gasteiger partial charge is 0.344 e. The summed E-state index contributed by atoms with van der Waals surface area (Å²) in [6.07, 6.45) is 0.913. The van der Waals surface area contributed by atoms with Gasteiger partial charge >= 0.3 is 0 Å². The van der Waals surface area contributed by atoms with Gasteiger partial charge in [-0.15, -0.1) is 10.2 Å². The number of aryl methyl sites for hydroxylation is 2. The van der Waals surface area contributed by atoms with Crippen LogP contribution in [0.1, 0.15) is 17.5 Å². The van der Waals surface area contributed by atoms with Crippen molar-refractivity contribution in [1.29, 1.82) is 0 Å². The van der Waals surface area contributed by atoms with Gasteiger partial charge in [-0.2, -0.15) is 0 Å². The molecule has 1 saturated heterocycles. The maximum absolute atomic E-state index is 12.3. The zero-order chi connectivity index (χ0) is 16.9. The molecule has 2 heterocycles. The number of carbonyl (C=O) groups is 1. The highest BCUT2D eigenvalue weighted by molar-refractivity contribution is 7.15. The van der Waals surface area contributed by atoms with E-state index in [1.165, 1.54) is 5.56 Å². The third-order valence-corrected chi connectivity index (χ3v) is 5.10. The van der Waals surface area contributed by atoms with Crippen molar-refractivity contribution in [2.45, 2.75) is 20.3 Å². The third kappa shape index (κ3) is 4.10. The smallest absolute Gasteiger partial charge is 0.238 e. The van der Waals surface area contributed by atoms with Gasteiger partial charge < -0.3 is 10.2 Å². The van der Waals surface area contributed by atoms with Crippen LogP contribution >= 0.6 is 11.3 Å². The van der Waals surface area contributed by atoms with Crippen molar-refractivity contribution in [3.8, 4) is 0 Å². The lowest BCUT2D eigenvalue weighted by molar-refractivity contribution is -0.117. The lowest BCUT2D eigenvalue weighted by atomic mass is 10.1. The van der Waals surface area contributed by atoms with Crippen molar-refractivity contribution in [3.05, 3.63) is 34.8 Å². The highest BCUT2D eigenvalue weighted by Crippen LogP contribution is 2.21. The summed E-state index contributed by atoms with van der Waals surface area (Å²) in [5.74, 6) is 0.0520. The Morgan fingerprint density at radius 3 is 2.62 bits per heavy atom. The van der Waals surface area contributed by atoms with E-state index in [1.807, 2.05) is 25.1 Å². The number of benzene rings is 1. The van der Waals surface area contributed by atoms with Crippen LogP contribution in [0.3, 0.4) is 0 Å². The molecule has 1 aliphatic heterocycles. The highest BCUT2D eigenvalue weighted by Gasteiger charge is 2.21. The zero-order valence-corrected chi connectivity index (χ0v) is 15.0. The van der Waals surface area contributed by atoms with E-state index >= 15 is 0 Å². The van der Waals surface area contributed by atoms with Crippen LogP contribution in [-0.2, 0) is 11.2 Å². The fraction of sp³-hybridized carbons (Fsp3) is 0.471. The molecule has 6 nitrogen and oxygen atoms in total. The molecule has 1 aliphatic rings. The quantitative estimate of drug-likeness (QED) is 0.900. The molecule has 0 bridgehead atoms. The van der Waals surface area contributed by atoms with Crippen molar-refractivity contribution in [2.24, 2.45) is 0 Å². The first-order valence-corrected chi connectivity index (χ1v) is 9.12. The number of rotatable bonds is 5. The normalized spacial score (nSPS) is 15.5. The summed E-state index contributed by atoms with van der Waals surface area (Å²) >= 11 is 1.62. The minimum atomic E-state index is 0.0520. The number of nitrogens with zero attached hydrogens (tertiary/aromatic N) is 4. The van der Waals surface area contributed by atoms with Gasteiger partial charge in [0, 0.05) is 31.9 Å². The molecule has 1 aromatic carbocycles. The van der Waals surface area contributed by atoms with Gasteiger partial charge in [0.05, 0.1) is 6.54 Å². The molecule has 0 radical (unpaired) electrons. The molecule has 3 rings (SSSR count). The number of para-hydroxylation sites is 1. The van der Waals surface area contributed by atoms with E-state index < -0.39 is 0 Å². The van der Waals surface area contributed by atoms with Crippen LogP contribution in [0.25, 0.3) is 0 Å².